The molecule has 2 heterocycles. The fourth-order valence-corrected chi connectivity index (χ4v) is 3.19. The molecule has 0 aliphatic rings. The van der Waals surface area contributed by atoms with E-state index in [4.69, 9.17) is 11.6 Å². The van der Waals surface area contributed by atoms with E-state index in [2.05, 4.69) is 27.9 Å². The number of imidazole rings is 1. The van der Waals surface area contributed by atoms with Crippen LogP contribution in [0, 0.1) is 6.92 Å². The Kier molecular flexibility index (Phi) is 2.76. The molecular weight excluding hydrogens is 282 g/mol. The van der Waals surface area contributed by atoms with Gasteiger partial charge < -0.3 is 9.97 Å². The van der Waals surface area contributed by atoms with Gasteiger partial charge in [0.05, 0.1) is 21.6 Å². The zero-order valence-electron chi connectivity index (χ0n) is 11.6. The van der Waals surface area contributed by atoms with Crippen LogP contribution >= 0.6 is 11.6 Å². The normalized spacial score (nSPS) is 11.5. The molecule has 0 unspecified atom stereocenters. The van der Waals surface area contributed by atoms with Gasteiger partial charge in [-0.15, -0.1) is 0 Å². The van der Waals surface area contributed by atoms with Gasteiger partial charge in [0.1, 0.15) is 5.82 Å². The van der Waals surface area contributed by atoms with E-state index in [0.29, 0.717) is 0 Å². The molecule has 0 radical (unpaired) electrons. The summed E-state index contributed by atoms with van der Waals surface area (Å²) in [5.74, 6) is 0.976. The molecule has 2 aromatic heterocycles. The number of hydrogen-bond donors (Lipinski definition) is 2. The Morgan fingerprint density at radius 1 is 1.19 bits per heavy atom. The van der Waals surface area contributed by atoms with Crippen LogP contribution in [0.1, 0.15) is 17.0 Å². The maximum absolute atomic E-state index is 6.29. The zero-order valence-corrected chi connectivity index (χ0v) is 12.3. The molecule has 0 atom stereocenters. The molecule has 0 fully saturated rings. The summed E-state index contributed by atoms with van der Waals surface area (Å²) >= 11 is 6.29. The lowest BCUT2D eigenvalue weighted by atomic mass is 10.0. The van der Waals surface area contributed by atoms with Gasteiger partial charge in [0, 0.05) is 18.0 Å². The molecule has 0 amide bonds. The first-order valence-electron chi connectivity index (χ1n) is 6.91. The number of hydrogen-bond acceptors (Lipinski definition) is 1. The van der Waals surface area contributed by atoms with Crippen molar-refractivity contribution in [3.8, 4) is 0 Å². The molecule has 0 saturated heterocycles. The molecule has 0 aliphatic carbocycles. The van der Waals surface area contributed by atoms with Gasteiger partial charge in [-0.25, -0.2) is 4.98 Å². The number of para-hydroxylation sites is 2. The Bertz CT molecular complexity index is 916. The topological polar surface area (TPSA) is 44.5 Å². The van der Waals surface area contributed by atoms with E-state index in [1.54, 1.807) is 0 Å². The molecule has 104 valence electrons. The molecule has 0 saturated carbocycles. The second-order valence-electron chi connectivity index (χ2n) is 5.30. The van der Waals surface area contributed by atoms with Gasteiger partial charge in [0.25, 0.3) is 0 Å². The Hall–Kier alpha value is -2.26. The summed E-state index contributed by atoms with van der Waals surface area (Å²) in [4.78, 5) is 11.3. The van der Waals surface area contributed by atoms with Crippen LogP contribution in [0.25, 0.3) is 21.9 Å². The lowest BCUT2D eigenvalue weighted by Gasteiger charge is -2.07. The third kappa shape index (κ3) is 2.01. The number of rotatable bonds is 2. The van der Waals surface area contributed by atoms with Gasteiger partial charge in [0.2, 0.25) is 0 Å². The number of halogens is 1. The Balaban J connectivity index is 1.85. The molecule has 0 bridgehead atoms. The standard InChI is InChI=1S/C17H14ClN3/c1-10-8-13(18)17-11(6-7-19-17)12(10)9-16-20-14-4-2-3-5-15(14)21-16/h2-8,19H,9H2,1H3,(H,20,21). The summed E-state index contributed by atoms with van der Waals surface area (Å²) in [6.07, 6.45) is 2.70. The highest BCUT2D eigenvalue weighted by molar-refractivity contribution is 6.35. The number of H-pyrrole nitrogens is 2. The Morgan fingerprint density at radius 2 is 2.05 bits per heavy atom. The van der Waals surface area contributed by atoms with E-state index in [0.717, 1.165) is 33.8 Å². The maximum Gasteiger partial charge on any atom is 0.111 e. The van der Waals surface area contributed by atoms with Crippen LogP contribution in [-0.4, -0.2) is 15.0 Å². The van der Waals surface area contributed by atoms with Crippen molar-refractivity contribution < 1.29 is 0 Å². The number of aromatic nitrogens is 3. The first-order chi connectivity index (χ1) is 10.2. The predicted octanol–water partition coefficient (Wildman–Crippen LogP) is 4.60. The van der Waals surface area contributed by atoms with Gasteiger partial charge in [-0.2, -0.15) is 0 Å². The number of benzene rings is 2. The molecular formula is C17H14ClN3. The summed E-state index contributed by atoms with van der Waals surface area (Å²) in [5.41, 5.74) is 5.52. The Labute approximate surface area is 127 Å². The molecule has 3 nitrogen and oxygen atoms in total. The maximum atomic E-state index is 6.29. The summed E-state index contributed by atoms with van der Waals surface area (Å²) in [6.45, 7) is 2.09. The quantitative estimate of drug-likeness (QED) is 0.558. The molecule has 4 rings (SSSR count). The highest BCUT2D eigenvalue weighted by Gasteiger charge is 2.12. The van der Waals surface area contributed by atoms with E-state index in [1.807, 2.05) is 36.5 Å². The molecule has 0 spiro atoms. The van der Waals surface area contributed by atoms with Crippen molar-refractivity contribution in [3.05, 3.63) is 64.6 Å². The number of nitrogens with one attached hydrogen (secondary N) is 2. The number of nitrogens with zero attached hydrogens (tertiary/aromatic N) is 1. The molecule has 21 heavy (non-hydrogen) atoms. The average molecular weight is 296 g/mol. The highest BCUT2D eigenvalue weighted by atomic mass is 35.5. The molecule has 4 aromatic rings. The van der Waals surface area contributed by atoms with Crippen LogP contribution in [0.4, 0.5) is 0 Å². The van der Waals surface area contributed by atoms with Crippen molar-refractivity contribution in [2.24, 2.45) is 0 Å². The molecule has 2 N–H and O–H groups in total. The van der Waals surface area contributed by atoms with Gasteiger partial charge in [-0.3, -0.25) is 0 Å². The van der Waals surface area contributed by atoms with Crippen LogP contribution in [0.15, 0.2) is 42.6 Å². The summed E-state index contributed by atoms with van der Waals surface area (Å²) in [6, 6.07) is 12.2. The fourth-order valence-electron chi connectivity index (χ4n) is 2.87. The SMILES string of the molecule is Cc1cc(Cl)c2[nH]ccc2c1Cc1nc2ccccc2[nH]1. The van der Waals surface area contributed by atoms with Gasteiger partial charge in [0.15, 0.2) is 0 Å². The lowest BCUT2D eigenvalue weighted by Crippen LogP contribution is -1.95. The third-order valence-corrected chi connectivity index (χ3v) is 4.21. The lowest BCUT2D eigenvalue weighted by molar-refractivity contribution is 1.04. The first-order valence-corrected chi connectivity index (χ1v) is 7.29. The van der Waals surface area contributed by atoms with Crippen LogP contribution in [-0.2, 0) is 6.42 Å². The van der Waals surface area contributed by atoms with Crippen molar-refractivity contribution in [1.82, 2.24) is 15.0 Å². The van der Waals surface area contributed by atoms with Crippen LogP contribution < -0.4 is 0 Å². The van der Waals surface area contributed by atoms with Crippen molar-refractivity contribution >= 4 is 33.5 Å². The Morgan fingerprint density at radius 3 is 2.90 bits per heavy atom. The van der Waals surface area contributed by atoms with Crippen LogP contribution in [0.2, 0.25) is 5.02 Å². The van der Waals surface area contributed by atoms with Gasteiger partial charge in [-0.1, -0.05) is 23.7 Å². The zero-order chi connectivity index (χ0) is 14.4. The molecule has 2 aromatic carbocycles. The minimum Gasteiger partial charge on any atom is -0.360 e. The van der Waals surface area contributed by atoms with E-state index >= 15 is 0 Å². The van der Waals surface area contributed by atoms with E-state index in [-0.39, 0.29) is 0 Å². The summed E-state index contributed by atoms with van der Waals surface area (Å²) in [5, 5.41) is 1.93. The van der Waals surface area contributed by atoms with Crippen molar-refractivity contribution in [1.29, 1.82) is 0 Å². The monoisotopic (exact) mass is 295 g/mol. The minimum atomic E-state index is 0.765. The van der Waals surface area contributed by atoms with Crippen molar-refractivity contribution in [2.75, 3.05) is 0 Å². The minimum absolute atomic E-state index is 0.765. The van der Waals surface area contributed by atoms with Gasteiger partial charge >= 0.3 is 0 Å². The highest BCUT2D eigenvalue weighted by Crippen LogP contribution is 2.30. The number of aromatic amines is 2. The van der Waals surface area contributed by atoms with E-state index in [1.165, 1.54) is 16.5 Å². The predicted molar refractivity (Wildman–Crippen MR) is 86.9 cm³/mol. The molecule has 0 aliphatic heterocycles. The largest absolute Gasteiger partial charge is 0.360 e. The van der Waals surface area contributed by atoms with Gasteiger partial charge in [-0.05, 0) is 42.3 Å². The summed E-state index contributed by atoms with van der Waals surface area (Å²) < 4.78 is 0. The summed E-state index contributed by atoms with van der Waals surface area (Å²) in [7, 11) is 0. The van der Waals surface area contributed by atoms with Crippen LogP contribution in [0.3, 0.4) is 0 Å². The second kappa shape index (κ2) is 4.64. The smallest absolute Gasteiger partial charge is 0.111 e. The van der Waals surface area contributed by atoms with E-state index in [9.17, 15) is 0 Å². The third-order valence-electron chi connectivity index (χ3n) is 3.91. The first kappa shape index (κ1) is 12.5. The fraction of sp³-hybridized carbons (Fsp3) is 0.118. The second-order valence-corrected chi connectivity index (χ2v) is 5.70. The number of aryl methyl sites for hydroxylation is 1. The van der Waals surface area contributed by atoms with Crippen molar-refractivity contribution in [2.45, 2.75) is 13.3 Å². The average Bonchev–Trinajstić information content (AvgIpc) is 3.09. The van der Waals surface area contributed by atoms with Crippen molar-refractivity contribution in [3.63, 3.8) is 0 Å². The van der Waals surface area contributed by atoms with E-state index < -0.39 is 0 Å². The number of fused-ring (bicyclic) bond motifs is 2. The van der Waals surface area contributed by atoms with Crippen LogP contribution in [0.5, 0.6) is 0 Å². The molecule has 4 heteroatoms.